The van der Waals surface area contributed by atoms with Crippen LogP contribution < -0.4 is 20.1 Å². The molecule has 148 valence electrons. The van der Waals surface area contributed by atoms with Crippen molar-refractivity contribution in [3.63, 3.8) is 0 Å². The Balaban J connectivity index is 1.95. The van der Waals surface area contributed by atoms with Crippen LogP contribution in [0.25, 0.3) is 0 Å². The maximum absolute atomic E-state index is 12.4. The van der Waals surface area contributed by atoms with E-state index < -0.39 is 6.61 Å². The Hall–Kier alpha value is -2.77. The highest BCUT2D eigenvalue weighted by molar-refractivity contribution is 5.74. The lowest BCUT2D eigenvalue weighted by molar-refractivity contribution is -0.0514. The molecule has 0 aliphatic heterocycles. The Morgan fingerprint density at radius 3 is 2.56 bits per heavy atom. The van der Waals surface area contributed by atoms with Crippen molar-refractivity contribution in [3.8, 4) is 11.5 Å². The number of hydrogen-bond acceptors (Lipinski definition) is 4. The molecule has 1 aromatic heterocycles. The Morgan fingerprint density at radius 1 is 1.22 bits per heavy atom. The minimum atomic E-state index is -2.93. The lowest BCUT2D eigenvalue weighted by atomic mass is 10.1. The van der Waals surface area contributed by atoms with Crippen LogP contribution in [0.1, 0.15) is 42.5 Å². The quantitative estimate of drug-likeness (QED) is 0.707. The third kappa shape index (κ3) is 5.87. The fourth-order valence-electron chi connectivity index (χ4n) is 2.71. The molecule has 2 N–H and O–H groups in total. The number of nitrogens with one attached hydrogen (secondary N) is 2. The summed E-state index contributed by atoms with van der Waals surface area (Å²) in [6.45, 7) is 4.87. The van der Waals surface area contributed by atoms with Gasteiger partial charge in [0.25, 0.3) is 0 Å². The average molecular weight is 382 g/mol. The highest BCUT2D eigenvalue weighted by atomic mass is 19.3. The molecule has 2 amide bonds. The second-order valence-corrected chi connectivity index (χ2v) is 6.01. The van der Waals surface area contributed by atoms with Gasteiger partial charge in [0.1, 0.15) is 11.5 Å². The fraction of sp³-hybridized carbons (Fsp3) is 0.421. The fourth-order valence-corrected chi connectivity index (χ4v) is 2.71. The van der Waals surface area contributed by atoms with E-state index in [0.29, 0.717) is 12.2 Å². The molecule has 0 aliphatic carbocycles. The number of furan rings is 1. The molecule has 2 aromatic rings. The first-order valence-electron chi connectivity index (χ1n) is 8.62. The van der Waals surface area contributed by atoms with Crippen LogP contribution in [-0.2, 0) is 6.54 Å². The van der Waals surface area contributed by atoms with Crippen LogP contribution in [0.15, 0.2) is 28.7 Å². The minimum absolute atomic E-state index is 0.0422. The van der Waals surface area contributed by atoms with E-state index in [1.54, 1.807) is 19.1 Å². The lowest BCUT2D eigenvalue weighted by Gasteiger charge is -2.15. The molecule has 1 unspecified atom stereocenters. The standard InChI is InChI=1S/C19H24F2N2O4/c1-5-25-17-9-14(6-7-16(17)27-18(20)21)10-22-19(24)23-12(3)15-8-11(2)26-13(15)4/h6-9,12,18H,5,10H2,1-4H3,(H2,22,23,24). The van der Waals surface area contributed by atoms with Gasteiger partial charge in [0.2, 0.25) is 0 Å². The zero-order chi connectivity index (χ0) is 20.0. The van der Waals surface area contributed by atoms with E-state index in [2.05, 4.69) is 15.4 Å². The number of amides is 2. The topological polar surface area (TPSA) is 72.7 Å². The predicted octanol–water partition coefficient (Wildman–Crippen LogP) is 4.46. The SMILES string of the molecule is CCOc1cc(CNC(=O)NC(C)c2cc(C)oc2C)ccc1OC(F)F. The van der Waals surface area contributed by atoms with Crippen LogP contribution in [-0.4, -0.2) is 19.2 Å². The van der Waals surface area contributed by atoms with Crippen LogP contribution in [0.2, 0.25) is 0 Å². The summed E-state index contributed by atoms with van der Waals surface area (Å²) in [5.41, 5.74) is 1.60. The van der Waals surface area contributed by atoms with Crippen molar-refractivity contribution in [2.45, 2.75) is 46.9 Å². The highest BCUT2D eigenvalue weighted by Crippen LogP contribution is 2.30. The van der Waals surface area contributed by atoms with Gasteiger partial charge in [-0.05, 0) is 51.5 Å². The number of rotatable bonds is 8. The van der Waals surface area contributed by atoms with E-state index >= 15 is 0 Å². The van der Waals surface area contributed by atoms with Gasteiger partial charge in [-0.3, -0.25) is 0 Å². The molecule has 0 bridgehead atoms. The summed E-state index contributed by atoms with van der Waals surface area (Å²) in [6, 6.07) is 5.86. The van der Waals surface area contributed by atoms with Crippen LogP contribution >= 0.6 is 0 Å². The molecule has 0 radical (unpaired) electrons. The summed E-state index contributed by atoms with van der Waals surface area (Å²) in [7, 11) is 0. The zero-order valence-electron chi connectivity index (χ0n) is 15.8. The first-order valence-corrected chi connectivity index (χ1v) is 8.62. The van der Waals surface area contributed by atoms with Gasteiger partial charge in [-0.25, -0.2) is 4.79 Å². The van der Waals surface area contributed by atoms with Crippen LogP contribution in [0.5, 0.6) is 11.5 Å². The van der Waals surface area contributed by atoms with E-state index in [-0.39, 0.29) is 30.1 Å². The molecule has 1 atom stereocenters. The van der Waals surface area contributed by atoms with Gasteiger partial charge < -0.3 is 24.5 Å². The molecule has 0 aliphatic rings. The van der Waals surface area contributed by atoms with E-state index in [1.807, 2.05) is 26.8 Å². The van der Waals surface area contributed by atoms with Gasteiger partial charge in [0.05, 0.1) is 12.6 Å². The molecule has 1 aromatic carbocycles. The van der Waals surface area contributed by atoms with Gasteiger partial charge in [0, 0.05) is 12.1 Å². The lowest BCUT2D eigenvalue weighted by Crippen LogP contribution is -2.36. The number of halogens is 2. The average Bonchev–Trinajstić information content (AvgIpc) is 2.93. The van der Waals surface area contributed by atoms with Crippen LogP contribution in [0.3, 0.4) is 0 Å². The molecule has 6 nitrogen and oxygen atoms in total. The highest BCUT2D eigenvalue weighted by Gasteiger charge is 2.15. The third-order valence-corrected chi connectivity index (χ3v) is 3.87. The molecule has 1 heterocycles. The van der Waals surface area contributed by atoms with Crippen molar-refractivity contribution in [1.29, 1.82) is 0 Å². The number of carbonyl (C=O) groups is 1. The number of alkyl halides is 2. The number of benzene rings is 1. The van der Waals surface area contributed by atoms with E-state index in [1.165, 1.54) is 6.07 Å². The van der Waals surface area contributed by atoms with E-state index in [0.717, 1.165) is 17.1 Å². The summed E-state index contributed by atoms with van der Waals surface area (Å²) in [4.78, 5) is 12.1. The van der Waals surface area contributed by atoms with Crippen molar-refractivity contribution in [3.05, 3.63) is 46.9 Å². The maximum atomic E-state index is 12.4. The van der Waals surface area contributed by atoms with Gasteiger partial charge in [-0.15, -0.1) is 0 Å². The van der Waals surface area contributed by atoms with Crippen LogP contribution in [0, 0.1) is 13.8 Å². The summed E-state index contributed by atoms with van der Waals surface area (Å²) < 4.78 is 40.1. The number of carbonyl (C=O) groups excluding carboxylic acids is 1. The van der Waals surface area contributed by atoms with Crippen molar-refractivity contribution >= 4 is 6.03 Å². The minimum Gasteiger partial charge on any atom is -0.490 e. The molecule has 0 saturated carbocycles. The van der Waals surface area contributed by atoms with E-state index in [9.17, 15) is 13.6 Å². The zero-order valence-corrected chi connectivity index (χ0v) is 15.8. The van der Waals surface area contributed by atoms with Crippen LogP contribution in [0.4, 0.5) is 13.6 Å². The predicted molar refractivity (Wildman–Crippen MR) is 96.2 cm³/mol. The summed E-state index contributed by atoms with van der Waals surface area (Å²) >= 11 is 0. The van der Waals surface area contributed by atoms with Crippen molar-refractivity contribution < 1.29 is 27.5 Å². The van der Waals surface area contributed by atoms with Crippen molar-refractivity contribution in [1.82, 2.24) is 10.6 Å². The number of urea groups is 1. The van der Waals surface area contributed by atoms with E-state index in [4.69, 9.17) is 9.15 Å². The number of aryl methyl sites for hydroxylation is 2. The second-order valence-electron chi connectivity index (χ2n) is 6.01. The number of ether oxygens (including phenoxy) is 2. The smallest absolute Gasteiger partial charge is 0.387 e. The van der Waals surface area contributed by atoms with Gasteiger partial charge >= 0.3 is 12.6 Å². The van der Waals surface area contributed by atoms with Crippen molar-refractivity contribution in [2.24, 2.45) is 0 Å². The molecule has 0 spiro atoms. The third-order valence-electron chi connectivity index (χ3n) is 3.87. The molecule has 2 rings (SSSR count). The first kappa shape index (κ1) is 20.5. The van der Waals surface area contributed by atoms with Gasteiger partial charge in [-0.2, -0.15) is 8.78 Å². The van der Waals surface area contributed by atoms with Crippen molar-refractivity contribution in [2.75, 3.05) is 6.61 Å². The largest absolute Gasteiger partial charge is 0.490 e. The first-order chi connectivity index (χ1) is 12.8. The molecular formula is C19H24F2N2O4. The van der Waals surface area contributed by atoms with Gasteiger partial charge in [-0.1, -0.05) is 6.07 Å². The normalized spacial score (nSPS) is 12.0. The Bertz CT molecular complexity index is 777. The Morgan fingerprint density at radius 2 is 1.96 bits per heavy atom. The molecular weight excluding hydrogens is 358 g/mol. The summed E-state index contributed by atoms with van der Waals surface area (Å²) in [6.07, 6.45) is 0. The second kappa shape index (κ2) is 9.25. The Kier molecular flexibility index (Phi) is 7.04. The van der Waals surface area contributed by atoms with Gasteiger partial charge in [0.15, 0.2) is 11.5 Å². The monoisotopic (exact) mass is 382 g/mol. The molecule has 8 heteroatoms. The number of hydrogen-bond donors (Lipinski definition) is 2. The molecule has 27 heavy (non-hydrogen) atoms. The summed E-state index contributed by atoms with van der Waals surface area (Å²) in [5, 5.41) is 5.56. The molecule has 0 saturated heterocycles. The Labute approximate surface area is 156 Å². The maximum Gasteiger partial charge on any atom is 0.387 e. The summed E-state index contributed by atoms with van der Waals surface area (Å²) in [5.74, 6) is 1.71. The molecule has 0 fully saturated rings.